The molecule has 0 aromatic carbocycles. The fourth-order valence-corrected chi connectivity index (χ4v) is 1.76. The van der Waals surface area contributed by atoms with Crippen molar-refractivity contribution >= 4 is 23.4 Å². The van der Waals surface area contributed by atoms with Crippen LogP contribution in [0.5, 0.6) is 0 Å². The second-order valence-electron chi connectivity index (χ2n) is 2.96. The van der Waals surface area contributed by atoms with E-state index < -0.39 is 0 Å². The SMILES string of the molecule is COC(=O)CCCSc1ccc(N)cn1. The molecule has 1 aromatic rings. The molecule has 0 aliphatic carbocycles. The number of thioether (sulfide) groups is 1. The van der Waals surface area contributed by atoms with Crippen LogP contribution >= 0.6 is 11.8 Å². The van der Waals surface area contributed by atoms with Crippen LogP contribution in [0, 0.1) is 0 Å². The van der Waals surface area contributed by atoms with Crippen molar-refractivity contribution in [3.05, 3.63) is 18.3 Å². The second kappa shape index (κ2) is 6.29. The van der Waals surface area contributed by atoms with E-state index in [1.165, 1.54) is 7.11 Å². The lowest BCUT2D eigenvalue weighted by Crippen LogP contribution is -2.00. The molecular formula is C10H14N2O2S. The van der Waals surface area contributed by atoms with Crippen LogP contribution in [0.2, 0.25) is 0 Å². The number of nitrogens with zero attached hydrogens (tertiary/aromatic N) is 1. The van der Waals surface area contributed by atoms with Crippen molar-refractivity contribution in [1.82, 2.24) is 4.98 Å². The molecule has 82 valence electrons. The van der Waals surface area contributed by atoms with Gasteiger partial charge in [0.1, 0.15) is 0 Å². The number of pyridine rings is 1. The molecule has 0 aliphatic heterocycles. The number of carbonyl (C=O) groups excluding carboxylic acids is 1. The van der Waals surface area contributed by atoms with E-state index in [0.29, 0.717) is 12.1 Å². The van der Waals surface area contributed by atoms with Crippen LogP contribution in [0.3, 0.4) is 0 Å². The Morgan fingerprint density at radius 3 is 3.00 bits per heavy atom. The predicted molar refractivity (Wildman–Crippen MR) is 60.6 cm³/mol. The van der Waals surface area contributed by atoms with Gasteiger partial charge in [0, 0.05) is 12.2 Å². The molecule has 0 radical (unpaired) electrons. The Balaban J connectivity index is 2.20. The first kappa shape index (κ1) is 11.8. The molecule has 15 heavy (non-hydrogen) atoms. The number of methoxy groups -OCH3 is 1. The summed E-state index contributed by atoms with van der Waals surface area (Å²) in [7, 11) is 1.40. The minimum Gasteiger partial charge on any atom is -0.469 e. The van der Waals surface area contributed by atoms with E-state index in [1.807, 2.05) is 12.1 Å². The number of anilines is 1. The molecule has 1 heterocycles. The van der Waals surface area contributed by atoms with E-state index in [-0.39, 0.29) is 5.97 Å². The van der Waals surface area contributed by atoms with Gasteiger partial charge in [0.15, 0.2) is 0 Å². The summed E-state index contributed by atoms with van der Waals surface area (Å²) in [4.78, 5) is 14.9. The van der Waals surface area contributed by atoms with Crippen LogP contribution in [-0.2, 0) is 9.53 Å². The molecule has 0 bridgehead atoms. The van der Waals surface area contributed by atoms with Crippen LogP contribution in [0.25, 0.3) is 0 Å². The summed E-state index contributed by atoms with van der Waals surface area (Å²) < 4.78 is 4.54. The summed E-state index contributed by atoms with van der Waals surface area (Å²) in [5, 5.41) is 0.925. The minimum absolute atomic E-state index is 0.166. The lowest BCUT2D eigenvalue weighted by Gasteiger charge is -2.00. The van der Waals surface area contributed by atoms with E-state index in [0.717, 1.165) is 17.2 Å². The number of esters is 1. The molecule has 0 fully saturated rings. The van der Waals surface area contributed by atoms with Crippen molar-refractivity contribution in [3.63, 3.8) is 0 Å². The van der Waals surface area contributed by atoms with E-state index >= 15 is 0 Å². The zero-order valence-corrected chi connectivity index (χ0v) is 9.42. The fraction of sp³-hybridized carbons (Fsp3) is 0.400. The van der Waals surface area contributed by atoms with Gasteiger partial charge in [0.25, 0.3) is 0 Å². The third kappa shape index (κ3) is 4.69. The number of nitrogen functional groups attached to an aromatic ring is 1. The maximum Gasteiger partial charge on any atom is 0.305 e. The molecule has 1 aromatic heterocycles. The Kier molecular flexibility index (Phi) is 4.97. The molecule has 1 rings (SSSR count). The van der Waals surface area contributed by atoms with Gasteiger partial charge in [-0.3, -0.25) is 4.79 Å². The summed E-state index contributed by atoms with van der Waals surface area (Å²) in [6, 6.07) is 3.69. The van der Waals surface area contributed by atoms with E-state index in [4.69, 9.17) is 5.73 Å². The van der Waals surface area contributed by atoms with Crippen LogP contribution < -0.4 is 5.73 Å². The Labute approximate surface area is 93.2 Å². The highest BCUT2D eigenvalue weighted by Gasteiger charge is 2.00. The number of aromatic nitrogens is 1. The fourth-order valence-electron chi connectivity index (χ4n) is 0.972. The summed E-state index contributed by atoms with van der Waals surface area (Å²) in [6.07, 6.45) is 2.88. The average molecular weight is 226 g/mol. The van der Waals surface area contributed by atoms with Gasteiger partial charge in [-0.2, -0.15) is 0 Å². The molecule has 0 spiro atoms. The third-order valence-corrected chi connectivity index (χ3v) is 2.79. The highest BCUT2D eigenvalue weighted by Crippen LogP contribution is 2.17. The highest BCUT2D eigenvalue weighted by molar-refractivity contribution is 7.99. The van der Waals surface area contributed by atoms with Gasteiger partial charge >= 0.3 is 5.97 Å². The second-order valence-corrected chi connectivity index (χ2v) is 4.07. The first-order valence-electron chi connectivity index (χ1n) is 4.63. The van der Waals surface area contributed by atoms with Crippen molar-refractivity contribution in [2.45, 2.75) is 17.9 Å². The van der Waals surface area contributed by atoms with Gasteiger partial charge in [0.05, 0.1) is 24.0 Å². The molecule has 0 atom stereocenters. The van der Waals surface area contributed by atoms with Gasteiger partial charge in [0.2, 0.25) is 0 Å². The van der Waals surface area contributed by atoms with Crippen LogP contribution in [0.15, 0.2) is 23.4 Å². The maximum absolute atomic E-state index is 10.8. The van der Waals surface area contributed by atoms with Crippen molar-refractivity contribution in [3.8, 4) is 0 Å². The summed E-state index contributed by atoms with van der Waals surface area (Å²) in [6.45, 7) is 0. The van der Waals surface area contributed by atoms with Crippen molar-refractivity contribution in [2.75, 3.05) is 18.6 Å². The number of ether oxygens (including phenoxy) is 1. The first-order chi connectivity index (χ1) is 7.22. The minimum atomic E-state index is -0.166. The van der Waals surface area contributed by atoms with Crippen molar-refractivity contribution in [1.29, 1.82) is 0 Å². The number of carbonyl (C=O) groups is 1. The number of nitrogens with two attached hydrogens (primary N) is 1. The Bertz CT molecular complexity index is 314. The van der Waals surface area contributed by atoms with Gasteiger partial charge in [-0.1, -0.05) is 0 Å². The monoisotopic (exact) mass is 226 g/mol. The van der Waals surface area contributed by atoms with Crippen LogP contribution in [0.1, 0.15) is 12.8 Å². The molecule has 0 aliphatic rings. The smallest absolute Gasteiger partial charge is 0.305 e. The van der Waals surface area contributed by atoms with Crippen LogP contribution in [0.4, 0.5) is 5.69 Å². The quantitative estimate of drug-likeness (QED) is 0.470. The summed E-state index contributed by atoms with van der Waals surface area (Å²) in [5.74, 6) is 0.687. The zero-order valence-electron chi connectivity index (χ0n) is 8.60. The van der Waals surface area contributed by atoms with E-state index in [1.54, 1.807) is 18.0 Å². The van der Waals surface area contributed by atoms with Gasteiger partial charge in [-0.15, -0.1) is 11.8 Å². The molecule has 0 amide bonds. The van der Waals surface area contributed by atoms with Crippen molar-refractivity contribution in [2.24, 2.45) is 0 Å². The molecule has 0 saturated carbocycles. The molecule has 2 N–H and O–H groups in total. The van der Waals surface area contributed by atoms with E-state index in [9.17, 15) is 4.79 Å². The number of hydrogen-bond donors (Lipinski definition) is 1. The topological polar surface area (TPSA) is 65.2 Å². The van der Waals surface area contributed by atoms with Crippen LogP contribution in [-0.4, -0.2) is 23.8 Å². The Hall–Kier alpha value is -1.23. The van der Waals surface area contributed by atoms with Gasteiger partial charge in [-0.25, -0.2) is 4.98 Å². The first-order valence-corrected chi connectivity index (χ1v) is 5.62. The largest absolute Gasteiger partial charge is 0.469 e. The van der Waals surface area contributed by atoms with E-state index in [2.05, 4.69) is 9.72 Å². The third-order valence-electron chi connectivity index (χ3n) is 1.76. The standard InChI is InChI=1S/C10H14N2O2S/c1-14-10(13)3-2-6-15-9-5-4-8(11)7-12-9/h4-5,7H,2-3,6,11H2,1H3. The Morgan fingerprint density at radius 1 is 1.60 bits per heavy atom. The zero-order chi connectivity index (χ0) is 11.1. The summed E-state index contributed by atoms with van der Waals surface area (Å²) >= 11 is 1.61. The Morgan fingerprint density at radius 2 is 2.40 bits per heavy atom. The normalized spacial score (nSPS) is 9.93. The molecular weight excluding hydrogens is 212 g/mol. The number of rotatable bonds is 5. The highest BCUT2D eigenvalue weighted by atomic mass is 32.2. The predicted octanol–water partition coefficient (Wildman–Crippen LogP) is 1.71. The molecule has 0 unspecified atom stereocenters. The van der Waals surface area contributed by atoms with Gasteiger partial charge in [-0.05, 0) is 18.6 Å². The average Bonchev–Trinajstić information content (AvgIpc) is 2.26. The number of hydrogen-bond acceptors (Lipinski definition) is 5. The molecule has 5 heteroatoms. The van der Waals surface area contributed by atoms with Crippen molar-refractivity contribution < 1.29 is 9.53 Å². The lowest BCUT2D eigenvalue weighted by molar-refractivity contribution is -0.140. The lowest BCUT2D eigenvalue weighted by atomic mass is 10.3. The molecule has 0 saturated heterocycles. The molecule has 4 nitrogen and oxygen atoms in total. The maximum atomic E-state index is 10.8. The van der Waals surface area contributed by atoms with Gasteiger partial charge < -0.3 is 10.5 Å². The summed E-state index contributed by atoms with van der Waals surface area (Å²) in [5.41, 5.74) is 6.17.